The molecule has 2 aliphatic heterocycles. The topological polar surface area (TPSA) is 37.3 Å². The first kappa shape index (κ1) is 14.5. The Kier molecular flexibility index (Phi) is 3.69. The number of aromatic nitrogens is 1. The fourth-order valence-corrected chi connectivity index (χ4v) is 3.99. The Morgan fingerprint density at radius 1 is 1.22 bits per heavy atom. The molecule has 120 valence electrons. The van der Waals surface area contributed by atoms with Crippen LogP contribution >= 0.6 is 0 Å². The molecule has 2 aliphatic rings. The number of amides is 1. The smallest absolute Gasteiger partial charge is 0.325 e. The quantitative estimate of drug-likeness (QED) is 0.925. The number of carbonyl (C=O) groups is 1. The van der Waals surface area contributed by atoms with Crippen LogP contribution in [0, 0.1) is 12.8 Å². The fourth-order valence-electron chi connectivity index (χ4n) is 3.99. The summed E-state index contributed by atoms with van der Waals surface area (Å²) in [5.41, 5.74) is 3.49. The molecule has 1 N–H and O–H groups in total. The zero-order valence-electron chi connectivity index (χ0n) is 13.5. The van der Waals surface area contributed by atoms with Crippen molar-refractivity contribution in [2.75, 3.05) is 19.6 Å². The van der Waals surface area contributed by atoms with Crippen LogP contribution in [-0.4, -0.2) is 41.2 Å². The number of carbonyl (C=O) groups excluding carboxylic acids is 1. The average Bonchev–Trinajstić information content (AvgIpc) is 3.15. The van der Waals surface area contributed by atoms with Crippen molar-refractivity contribution in [2.24, 2.45) is 5.92 Å². The zero-order chi connectivity index (χ0) is 15.8. The van der Waals surface area contributed by atoms with Crippen LogP contribution in [0.15, 0.2) is 42.7 Å². The molecule has 4 heteroatoms. The molecule has 2 bridgehead atoms. The number of hydrogen-bond acceptors (Lipinski definition) is 2. The van der Waals surface area contributed by atoms with Crippen molar-refractivity contribution >= 4 is 6.03 Å². The lowest BCUT2D eigenvalue weighted by Gasteiger charge is -2.30. The van der Waals surface area contributed by atoms with Gasteiger partial charge in [0.05, 0.1) is 0 Å². The van der Waals surface area contributed by atoms with Gasteiger partial charge < -0.3 is 10.2 Å². The van der Waals surface area contributed by atoms with Crippen molar-refractivity contribution in [1.29, 1.82) is 0 Å². The van der Waals surface area contributed by atoms with Gasteiger partial charge >= 0.3 is 6.03 Å². The van der Waals surface area contributed by atoms with E-state index in [0.29, 0.717) is 0 Å². The molecular weight excluding hydrogens is 286 g/mol. The highest BCUT2D eigenvalue weighted by atomic mass is 16.2. The second-order valence-corrected chi connectivity index (χ2v) is 6.92. The Bertz CT molecular complexity index is 709. The largest absolute Gasteiger partial charge is 0.333 e. The monoisotopic (exact) mass is 309 g/mol. The van der Waals surface area contributed by atoms with E-state index in [1.807, 2.05) is 30.6 Å². The average molecular weight is 309 g/mol. The molecule has 3 heterocycles. The summed E-state index contributed by atoms with van der Waals surface area (Å²) in [5, 5.41) is 3.20. The summed E-state index contributed by atoms with van der Waals surface area (Å²) in [7, 11) is 0. The Balaban J connectivity index is 1.46. The number of nitrogens with zero attached hydrogens (tertiary/aromatic N) is 2. The van der Waals surface area contributed by atoms with Crippen LogP contribution in [0.4, 0.5) is 4.79 Å². The highest BCUT2D eigenvalue weighted by Crippen LogP contribution is 2.27. The van der Waals surface area contributed by atoms with Gasteiger partial charge in [-0.15, -0.1) is 0 Å². The highest BCUT2D eigenvalue weighted by molar-refractivity contribution is 5.79. The van der Waals surface area contributed by atoms with Crippen molar-refractivity contribution in [2.45, 2.75) is 25.8 Å². The van der Waals surface area contributed by atoms with Crippen LogP contribution < -0.4 is 5.32 Å². The van der Waals surface area contributed by atoms with Crippen LogP contribution in [0.3, 0.4) is 0 Å². The number of rotatable bonds is 2. The van der Waals surface area contributed by atoms with Crippen LogP contribution in [-0.2, 0) is 0 Å². The van der Waals surface area contributed by atoms with Crippen LogP contribution in [0.1, 0.15) is 18.4 Å². The van der Waals surface area contributed by atoms with Crippen molar-refractivity contribution in [3.63, 3.8) is 0 Å². The molecule has 4 nitrogen and oxygen atoms in total. The predicted octanol–water partition coefficient (Wildman–Crippen LogP) is 3.12. The van der Waals surface area contributed by atoms with E-state index in [1.54, 1.807) is 4.57 Å². The second kappa shape index (κ2) is 5.85. The van der Waals surface area contributed by atoms with E-state index in [1.165, 1.54) is 30.6 Å². The van der Waals surface area contributed by atoms with Crippen molar-refractivity contribution in [1.82, 2.24) is 14.8 Å². The van der Waals surface area contributed by atoms with Crippen LogP contribution in [0.5, 0.6) is 0 Å². The van der Waals surface area contributed by atoms with E-state index in [-0.39, 0.29) is 12.1 Å². The lowest BCUT2D eigenvalue weighted by Crippen LogP contribution is -2.47. The highest BCUT2D eigenvalue weighted by Gasteiger charge is 2.33. The maximum atomic E-state index is 12.5. The number of fused-ring (bicyclic) bond motifs is 2. The summed E-state index contributed by atoms with van der Waals surface area (Å²) in [6, 6.07) is 10.5. The molecule has 0 spiro atoms. The SMILES string of the molecule is Cc1ccccc1-c1ccn(C(=O)N[C@@H]2C[C@H]3CCN(C3)C2)c1. The van der Waals surface area contributed by atoms with Gasteiger partial charge in [-0.25, -0.2) is 4.79 Å². The Hall–Kier alpha value is -2.07. The summed E-state index contributed by atoms with van der Waals surface area (Å²) in [6.45, 7) is 5.50. The van der Waals surface area contributed by atoms with Gasteiger partial charge in [-0.2, -0.15) is 0 Å². The van der Waals surface area contributed by atoms with Crippen molar-refractivity contribution < 1.29 is 4.79 Å². The first-order chi connectivity index (χ1) is 11.2. The van der Waals surface area contributed by atoms with Gasteiger partial charge in [0.2, 0.25) is 0 Å². The lowest BCUT2D eigenvalue weighted by atomic mass is 9.97. The molecule has 1 unspecified atom stereocenters. The Morgan fingerprint density at radius 2 is 2.09 bits per heavy atom. The minimum Gasteiger partial charge on any atom is -0.333 e. The number of hydrogen-bond donors (Lipinski definition) is 1. The molecule has 1 amide bonds. The Labute approximate surface area is 137 Å². The van der Waals surface area contributed by atoms with Gasteiger partial charge in [0, 0.05) is 37.1 Å². The van der Waals surface area contributed by atoms with E-state index >= 15 is 0 Å². The zero-order valence-corrected chi connectivity index (χ0v) is 13.5. The maximum absolute atomic E-state index is 12.5. The minimum absolute atomic E-state index is 0.0164. The summed E-state index contributed by atoms with van der Waals surface area (Å²) in [5.74, 6) is 0.765. The van der Waals surface area contributed by atoms with E-state index in [9.17, 15) is 4.79 Å². The van der Waals surface area contributed by atoms with Gasteiger partial charge in [0.1, 0.15) is 0 Å². The molecule has 2 fully saturated rings. The fraction of sp³-hybridized carbons (Fsp3) is 0.421. The molecule has 23 heavy (non-hydrogen) atoms. The molecule has 3 atom stereocenters. The van der Waals surface area contributed by atoms with E-state index in [0.717, 1.165) is 24.4 Å². The lowest BCUT2D eigenvalue weighted by molar-refractivity contribution is 0.206. The number of benzene rings is 1. The molecule has 0 radical (unpaired) electrons. The maximum Gasteiger partial charge on any atom is 0.325 e. The second-order valence-electron chi connectivity index (χ2n) is 6.92. The number of aryl methyl sites for hydroxylation is 1. The summed E-state index contributed by atoms with van der Waals surface area (Å²) < 4.78 is 1.67. The molecule has 4 rings (SSSR count). The van der Waals surface area contributed by atoms with Gasteiger partial charge in [0.25, 0.3) is 0 Å². The van der Waals surface area contributed by atoms with Gasteiger partial charge in [0.15, 0.2) is 0 Å². The molecule has 1 aromatic heterocycles. The third-order valence-corrected chi connectivity index (χ3v) is 5.18. The van der Waals surface area contributed by atoms with Crippen molar-refractivity contribution in [3.05, 3.63) is 48.3 Å². The summed E-state index contributed by atoms with van der Waals surface area (Å²) in [6.07, 6.45) is 6.19. The first-order valence-corrected chi connectivity index (χ1v) is 8.46. The standard InChI is InChI=1S/C19H23N3O/c1-14-4-2-3-5-18(14)16-7-9-22(12-16)19(23)20-17-10-15-6-8-21(11-15)13-17/h2-5,7,9,12,15,17H,6,8,10-11,13H2,1H3,(H,20,23)/t15-,17-/m1/s1. The van der Waals surface area contributed by atoms with Gasteiger partial charge in [-0.05, 0) is 49.4 Å². The Morgan fingerprint density at radius 3 is 2.91 bits per heavy atom. The first-order valence-electron chi connectivity index (χ1n) is 8.46. The van der Waals surface area contributed by atoms with Gasteiger partial charge in [-0.1, -0.05) is 24.3 Å². The van der Waals surface area contributed by atoms with Crippen LogP contribution in [0.2, 0.25) is 0 Å². The van der Waals surface area contributed by atoms with E-state index in [2.05, 4.69) is 29.3 Å². The third kappa shape index (κ3) is 2.91. The van der Waals surface area contributed by atoms with E-state index < -0.39 is 0 Å². The number of nitrogens with one attached hydrogen (secondary N) is 1. The minimum atomic E-state index is -0.0164. The van der Waals surface area contributed by atoms with E-state index in [4.69, 9.17) is 0 Å². The summed E-state index contributed by atoms with van der Waals surface area (Å²) >= 11 is 0. The molecular formula is C19H23N3O. The molecule has 1 aromatic carbocycles. The third-order valence-electron chi connectivity index (χ3n) is 5.18. The normalized spacial score (nSPS) is 26.2. The van der Waals surface area contributed by atoms with Gasteiger partial charge in [-0.3, -0.25) is 4.57 Å². The number of piperidine rings is 1. The molecule has 0 aliphatic carbocycles. The molecule has 2 aromatic rings. The predicted molar refractivity (Wildman–Crippen MR) is 91.5 cm³/mol. The molecule has 2 saturated heterocycles. The molecule has 0 saturated carbocycles. The summed E-state index contributed by atoms with van der Waals surface area (Å²) in [4.78, 5) is 15.0. The van der Waals surface area contributed by atoms with Crippen LogP contribution in [0.25, 0.3) is 11.1 Å². The van der Waals surface area contributed by atoms with Crippen molar-refractivity contribution in [3.8, 4) is 11.1 Å².